The first-order chi connectivity index (χ1) is 8.81. The maximum Gasteiger partial charge on any atom is 0.0398 e. The molecule has 0 aliphatic heterocycles. The van der Waals surface area contributed by atoms with Crippen LogP contribution in [0.15, 0.2) is 12.1 Å². The van der Waals surface area contributed by atoms with Crippen molar-refractivity contribution >= 4 is 15.9 Å². The smallest absolute Gasteiger partial charge is 0.0398 e. The van der Waals surface area contributed by atoms with Crippen LogP contribution in [0.4, 0.5) is 0 Å². The lowest BCUT2D eigenvalue weighted by Crippen LogP contribution is -2.34. The summed E-state index contributed by atoms with van der Waals surface area (Å²) in [6, 6.07) is 5.07. The molecule has 0 saturated carbocycles. The van der Waals surface area contributed by atoms with E-state index in [1.54, 1.807) is 22.3 Å². The van der Waals surface area contributed by atoms with E-state index in [1.165, 1.54) is 32.1 Å². The molecule has 0 spiro atoms. The number of rotatable bonds is 0. The Bertz CT molecular complexity index is 511. The minimum atomic E-state index is 0.337. The fraction of sp³-hybridized carbons (Fsp3) is 0.667. The van der Waals surface area contributed by atoms with Gasteiger partial charge < -0.3 is 0 Å². The molecule has 3 rings (SSSR count). The second-order valence-electron chi connectivity index (χ2n) is 7.72. The second kappa shape index (κ2) is 4.35. The summed E-state index contributed by atoms with van der Waals surface area (Å²) in [6.45, 7) is 9.67. The molecule has 1 heteroatoms. The van der Waals surface area contributed by atoms with E-state index in [0.717, 1.165) is 0 Å². The summed E-state index contributed by atoms with van der Waals surface area (Å²) in [5.74, 6) is 0. The average molecular weight is 321 g/mol. The summed E-state index contributed by atoms with van der Waals surface area (Å²) in [4.78, 5) is 0.572. The number of halogens is 1. The van der Waals surface area contributed by atoms with Gasteiger partial charge in [-0.25, -0.2) is 0 Å². The first kappa shape index (κ1) is 13.7. The van der Waals surface area contributed by atoms with Gasteiger partial charge in [-0.15, -0.1) is 0 Å². The predicted molar refractivity (Wildman–Crippen MR) is 86.3 cm³/mol. The SMILES string of the molecule is CC1(C)CCC(C)(C)c2cc3c(cc21)CCCC3Br. The van der Waals surface area contributed by atoms with Crippen molar-refractivity contribution in [3.63, 3.8) is 0 Å². The van der Waals surface area contributed by atoms with Crippen LogP contribution in [-0.4, -0.2) is 0 Å². The van der Waals surface area contributed by atoms with Gasteiger partial charge in [0, 0.05) is 4.83 Å². The molecule has 1 atom stereocenters. The van der Waals surface area contributed by atoms with Gasteiger partial charge in [0.15, 0.2) is 0 Å². The zero-order valence-electron chi connectivity index (χ0n) is 12.6. The van der Waals surface area contributed by atoms with Gasteiger partial charge in [0.25, 0.3) is 0 Å². The van der Waals surface area contributed by atoms with E-state index in [-0.39, 0.29) is 0 Å². The topological polar surface area (TPSA) is 0 Å². The Balaban J connectivity index is 2.22. The van der Waals surface area contributed by atoms with Crippen LogP contribution >= 0.6 is 15.9 Å². The van der Waals surface area contributed by atoms with Gasteiger partial charge in [0.05, 0.1) is 0 Å². The van der Waals surface area contributed by atoms with Crippen LogP contribution in [0.2, 0.25) is 0 Å². The van der Waals surface area contributed by atoms with Crippen LogP contribution in [0.5, 0.6) is 0 Å². The van der Waals surface area contributed by atoms with E-state index >= 15 is 0 Å². The number of hydrogen-bond acceptors (Lipinski definition) is 0. The largest absolute Gasteiger partial charge is 0.0839 e. The maximum atomic E-state index is 3.88. The van der Waals surface area contributed by atoms with Crippen molar-refractivity contribution in [2.75, 3.05) is 0 Å². The quantitative estimate of drug-likeness (QED) is 0.529. The lowest BCUT2D eigenvalue weighted by molar-refractivity contribution is 0.331. The predicted octanol–water partition coefficient (Wildman–Crippen LogP) is 5.81. The fourth-order valence-corrected chi connectivity index (χ4v) is 4.56. The Labute approximate surface area is 126 Å². The molecule has 0 radical (unpaired) electrons. The Kier molecular flexibility index (Phi) is 3.13. The first-order valence-corrected chi connectivity index (χ1v) is 8.55. The molecule has 0 N–H and O–H groups in total. The Morgan fingerprint density at radius 1 is 1.00 bits per heavy atom. The lowest BCUT2D eigenvalue weighted by Gasteiger charge is -2.43. The van der Waals surface area contributed by atoms with Gasteiger partial charge in [-0.05, 0) is 65.2 Å². The number of alkyl halides is 1. The zero-order valence-corrected chi connectivity index (χ0v) is 14.2. The Hall–Kier alpha value is -0.300. The number of fused-ring (bicyclic) bond motifs is 2. The number of hydrogen-bond donors (Lipinski definition) is 0. The molecule has 1 unspecified atom stereocenters. The Morgan fingerprint density at radius 3 is 2.21 bits per heavy atom. The molecule has 19 heavy (non-hydrogen) atoms. The molecule has 2 aliphatic rings. The molecule has 0 nitrogen and oxygen atoms in total. The number of benzene rings is 1. The third-order valence-electron chi connectivity index (χ3n) is 5.35. The van der Waals surface area contributed by atoms with Crippen molar-refractivity contribution in [3.8, 4) is 0 Å². The summed E-state index contributed by atoms with van der Waals surface area (Å²) in [6.07, 6.45) is 6.49. The Morgan fingerprint density at radius 2 is 1.58 bits per heavy atom. The van der Waals surface area contributed by atoms with E-state index in [4.69, 9.17) is 0 Å². The molecule has 1 aromatic rings. The molecule has 0 fully saturated rings. The molecule has 0 bridgehead atoms. The molecule has 0 aromatic heterocycles. The third-order valence-corrected chi connectivity index (χ3v) is 6.30. The van der Waals surface area contributed by atoms with Crippen molar-refractivity contribution in [1.29, 1.82) is 0 Å². The molecule has 0 saturated heterocycles. The highest BCUT2D eigenvalue weighted by atomic mass is 79.9. The minimum Gasteiger partial charge on any atom is -0.0839 e. The van der Waals surface area contributed by atoms with Crippen LogP contribution in [-0.2, 0) is 17.3 Å². The minimum absolute atomic E-state index is 0.337. The third kappa shape index (κ3) is 2.18. The van der Waals surface area contributed by atoms with E-state index < -0.39 is 0 Å². The first-order valence-electron chi connectivity index (χ1n) is 7.63. The van der Waals surface area contributed by atoms with Gasteiger partial charge in [0.2, 0.25) is 0 Å². The summed E-state index contributed by atoms with van der Waals surface area (Å²) < 4.78 is 0. The zero-order chi connectivity index (χ0) is 13.8. The molecule has 2 aliphatic carbocycles. The van der Waals surface area contributed by atoms with Gasteiger partial charge in [-0.1, -0.05) is 55.8 Å². The summed E-state index contributed by atoms with van der Waals surface area (Å²) in [5, 5.41) is 0. The second-order valence-corrected chi connectivity index (χ2v) is 8.83. The normalized spacial score (nSPS) is 27.5. The van der Waals surface area contributed by atoms with Crippen LogP contribution in [0.25, 0.3) is 0 Å². The van der Waals surface area contributed by atoms with E-state index in [1.807, 2.05) is 0 Å². The van der Waals surface area contributed by atoms with Crippen molar-refractivity contribution in [2.45, 2.75) is 75.5 Å². The van der Waals surface area contributed by atoms with Gasteiger partial charge in [-0.2, -0.15) is 0 Å². The molecule has 1 aromatic carbocycles. The molecular weight excluding hydrogens is 296 g/mol. The molecular formula is C18H25Br. The average Bonchev–Trinajstić information content (AvgIpc) is 2.35. The van der Waals surface area contributed by atoms with E-state index in [0.29, 0.717) is 15.7 Å². The molecule has 0 heterocycles. The van der Waals surface area contributed by atoms with Crippen molar-refractivity contribution in [1.82, 2.24) is 0 Å². The standard InChI is InChI=1S/C18H25Br/c1-17(2)8-9-18(3,4)15-11-13-12(10-14(15)17)6-5-7-16(13)19/h10-11,16H,5-9H2,1-4H3. The van der Waals surface area contributed by atoms with Crippen LogP contribution in [0.1, 0.15) is 80.5 Å². The van der Waals surface area contributed by atoms with Crippen LogP contribution in [0.3, 0.4) is 0 Å². The van der Waals surface area contributed by atoms with Gasteiger partial charge >= 0.3 is 0 Å². The van der Waals surface area contributed by atoms with Gasteiger partial charge in [0.1, 0.15) is 0 Å². The highest BCUT2D eigenvalue weighted by molar-refractivity contribution is 9.09. The summed E-state index contributed by atoms with van der Waals surface area (Å²) >= 11 is 3.88. The number of aryl methyl sites for hydroxylation is 1. The monoisotopic (exact) mass is 320 g/mol. The fourth-order valence-electron chi connectivity index (χ4n) is 3.81. The molecule has 0 amide bonds. The highest BCUT2D eigenvalue weighted by Crippen LogP contribution is 2.49. The van der Waals surface area contributed by atoms with Crippen molar-refractivity contribution < 1.29 is 0 Å². The van der Waals surface area contributed by atoms with E-state index in [9.17, 15) is 0 Å². The van der Waals surface area contributed by atoms with Gasteiger partial charge in [-0.3, -0.25) is 0 Å². The highest BCUT2D eigenvalue weighted by Gasteiger charge is 2.38. The summed E-state index contributed by atoms with van der Waals surface area (Å²) in [7, 11) is 0. The maximum absolute atomic E-state index is 3.88. The van der Waals surface area contributed by atoms with E-state index in [2.05, 4.69) is 55.8 Å². The van der Waals surface area contributed by atoms with Crippen molar-refractivity contribution in [2.24, 2.45) is 0 Å². The van der Waals surface area contributed by atoms with Crippen LogP contribution < -0.4 is 0 Å². The van der Waals surface area contributed by atoms with Crippen molar-refractivity contribution in [3.05, 3.63) is 34.4 Å². The summed E-state index contributed by atoms with van der Waals surface area (Å²) in [5.41, 5.74) is 7.06. The molecule has 104 valence electrons. The van der Waals surface area contributed by atoms with Crippen LogP contribution in [0, 0.1) is 0 Å². The lowest BCUT2D eigenvalue weighted by atomic mass is 9.62.